The van der Waals surface area contributed by atoms with Crippen LogP contribution in [0.2, 0.25) is 0 Å². The van der Waals surface area contributed by atoms with E-state index < -0.39 is 0 Å². The van der Waals surface area contributed by atoms with Crippen molar-refractivity contribution in [2.75, 3.05) is 32.8 Å². The third-order valence-electron chi connectivity index (χ3n) is 2.99. The Morgan fingerprint density at radius 1 is 1.47 bits per heavy atom. The Kier molecular flexibility index (Phi) is 5.65. The molecule has 1 aliphatic rings. The molecule has 0 spiro atoms. The Labute approximate surface area is 91.6 Å². The van der Waals surface area contributed by atoms with Gasteiger partial charge in [-0.1, -0.05) is 6.92 Å². The van der Waals surface area contributed by atoms with Gasteiger partial charge in [-0.2, -0.15) is 0 Å². The van der Waals surface area contributed by atoms with Crippen molar-refractivity contribution in [1.82, 2.24) is 10.2 Å². The Bertz CT molecular complexity index is 189. The summed E-state index contributed by atoms with van der Waals surface area (Å²) in [5, 5.41) is 12.1. The molecule has 0 aromatic carbocycles. The fraction of sp³-hybridized carbons (Fsp3) is 0.909. The molecule has 0 saturated carbocycles. The van der Waals surface area contributed by atoms with Crippen LogP contribution in [0.25, 0.3) is 0 Å². The molecule has 1 aliphatic heterocycles. The number of likely N-dealkylation sites (tertiary alicyclic amines) is 1. The van der Waals surface area contributed by atoms with E-state index in [0.29, 0.717) is 12.3 Å². The number of carbonyl (C=O) groups excluding carboxylic acids is 1. The maximum absolute atomic E-state index is 11.7. The molecule has 4 nitrogen and oxygen atoms in total. The molecule has 4 heteroatoms. The fourth-order valence-corrected chi connectivity index (χ4v) is 1.90. The van der Waals surface area contributed by atoms with Gasteiger partial charge in [0.25, 0.3) is 0 Å². The molecule has 0 bridgehead atoms. The minimum absolute atomic E-state index is 0.243. The molecule has 0 radical (unpaired) electrons. The van der Waals surface area contributed by atoms with Crippen LogP contribution in [0.1, 0.15) is 26.2 Å². The Morgan fingerprint density at radius 3 is 2.67 bits per heavy atom. The smallest absolute Gasteiger partial charge is 0.223 e. The largest absolute Gasteiger partial charge is 0.396 e. The summed E-state index contributed by atoms with van der Waals surface area (Å²) in [6.45, 7) is 5.62. The zero-order valence-electron chi connectivity index (χ0n) is 9.54. The standard InChI is InChI=1S/C11H22N2O2/c1-2-12-6-3-11(15)13-7-4-10(9-14)5-8-13/h10,12,14H,2-9H2,1H3. The third kappa shape index (κ3) is 4.18. The van der Waals surface area contributed by atoms with E-state index in [1.165, 1.54) is 0 Å². The van der Waals surface area contributed by atoms with Gasteiger partial charge >= 0.3 is 0 Å². The van der Waals surface area contributed by atoms with Gasteiger partial charge in [0.1, 0.15) is 0 Å². The van der Waals surface area contributed by atoms with E-state index in [9.17, 15) is 4.79 Å². The summed E-state index contributed by atoms with van der Waals surface area (Å²) in [6, 6.07) is 0. The van der Waals surface area contributed by atoms with Crippen LogP contribution >= 0.6 is 0 Å². The minimum Gasteiger partial charge on any atom is -0.396 e. The molecule has 1 fully saturated rings. The predicted molar refractivity (Wildman–Crippen MR) is 59.6 cm³/mol. The highest BCUT2D eigenvalue weighted by molar-refractivity contribution is 5.76. The second-order valence-electron chi connectivity index (χ2n) is 4.11. The van der Waals surface area contributed by atoms with Crippen molar-refractivity contribution in [3.63, 3.8) is 0 Å². The van der Waals surface area contributed by atoms with Gasteiger partial charge in [0.2, 0.25) is 5.91 Å². The van der Waals surface area contributed by atoms with E-state index in [2.05, 4.69) is 5.32 Å². The van der Waals surface area contributed by atoms with Crippen molar-refractivity contribution in [3.05, 3.63) is 0 Å². The second kappa shape index (κ2) is 6.80. The van der Waals surface area contributed by atoms with Crippen LogP contribution in [0.15, 0.2) is 0 Å². The monoisotopic (exact) mass is 214 g/mol. The lowest BCUT2D eigenvalue weighted by Crippen LogP contribution is -2.40. The molecule has 0 aliphatic carbocycles. The predicted octanol–water partition coefficient (Wildman–Crippen LogP) is 0.217. The molecule has 88 valence electrons. The minimum atomic E-state index is 0.243. The summed E-state index contributed by atoms with van der Waals surface area (Å²) >= 11 is 0. The summed E-state index contributed by atoms with van der Waals surface area (Å²) in [4.78, 5) is 13.6. The van der Waals surface area contributed by atoms with E-state index in [4.69, 9.17) is 5.11 Å². The molecule has 0 aromatic rings. The lowest BCUT2D eigenvalue weighted by atomic mass is 9.98. The molecule has 1 rings (SSSR count). The number of rotatable bonds is 5. The summed E-state index contributed by atoms with van der Waals surface area (Å²) in [6.07, 6.45) is 2.49. The number of carbonyl (C=O) groups is 1. The van der Waals surface area contributed by atoms with Crippen LogP contribution in [-0.2, 0) is 4.79 Å². The average Bonchev–Trinajstić information content (AvgIpc) is 2.29. The van der Waals surface area contributed by atoms with Crippen LogP contribution in [-0.4, -0.2) is 48.7 Å². The topological polar surface area (TPSA) is 52.6 Å². The number of hydrogen-bond acceptors (Lipinski definition) is 3. The highest BCUT2D eigenvalue weighted by atomic mass is 16.3. The molecule has 1 amide bonds. The number of amides is 1. The van der Waals surface area contributed by atoms with Gasteiger partial charge in [0.05, 0.1) is 0 Å². The molecule has 2 N–H and O–H groups in total. The molecule has 0 atom stereocenters. The fourth-order valence-electron chi connectivity index (χ4n) is 1.90. The lowest BCUT2D eigenvalue weighted by Gasteiger charge is -2.31. The van der Waals surface area contributed by atoms with Crippen molar-refractivity contribution in [2.45, 2.75) is 26.2 Å². The van der Waals surface area contributed by atoms with Crippen LogP contribution in [0.5, 0.6) is 0 Å². The Morgan fingerprint density at radius 2 is 2.13 bits per heavy atom. The van der Waals surface area contributed by atoms with Gasteiger partial charge in [0, 0.05) is 32.7 Å². The van der Waals surface area contributed by atoms with E-state index in [1.807, 2.05) is 11.8 Å². The van der Waals surface area contributed by atoms with Gasteiger partial charge in [-0.25, -0.2) is 0 Å². The van der Waals surface area contributed by atoms with Gasteiger partial charge < -0.3 is 15.3 Å². The van der Waals surface area contributed by atoms with Crippen molar-refractivity contribution >= 4 is 5.91 Å². The van der Waals surface area contributed by atoms with Gasteiger partial charge in [-0.3, -0.25) is 4.79 Å². The van der Waals surface area contributed by atoms with Crippen LogP contribution in [0, 0.1) is 5.92 Å². The van der Waals surface area contributed by atoms with Crippen molar-refractivity contribution in [1.29, 1.82) is 0 Å². The lowest BCUT2D eigenvalue weighted by molar-refractivity contribution is -0.132. The van der Waals surface area contributed by atoms with Crippen molar-refractivity contribution in [2.24, 2.45) is 5.92 Å². The molecule has 0 aromatic heterocycles. The number of piperidine rings is 1. The van der Waals surface area contributed by atoms with E-state index >= 15 is 0 Å². The summed E-state index contributed by atoms with van der Waals surface area (Å²) in [7, 11) is 0. The molecule has 1 saturated heterocycles. The Hall–Kier alpha value is -0.610. The van der Waals surface area contributed by atoms with E-state index in [1.54, 1.807) is 0 Å². The highest BCUT2D eigenvalue weighted by Crippen LogP contribution is 2.16. The van der Waals surface area contributed by atoms with Crippen LogP contribution in [0.3, 0.4) is 0 Å². The number of nitrogens with zero attached hydrogens (tertiary/aromatic N) is 1. The number of hydrogen-bond donors (Lipinski definition) is 2. The number of aliphatic hydroxyl groups excluding tert-OH is 1. The van der Waals surface area contributed by atoms with Gasteiger partial charge in [0.15, 0.2) is 0 Å². The SMILES string of the molecule is CCNCCC(=O)N1CCC(CO)CC1. The quantitative estimate of drug-likeness (QED) is 0.644. The summed E-state index contributed by atoms with van der Waals surface area (Å²) < 4.78 is 0. The Balaban J connectivity index is 2.18. The first-order valence-corrected chi connectivity index (χ1v) is 5.87. The van der Waals surface area contributed by atoms with Crippen molar-refractivity contribution in [3.8, 4) is 0 Å². The molecule has 0 unspecified atom stereocenters. The molecule has 1 heterocycles. The second-order valence-corrected chi connectivity index (χ2v) is 4.11. The molecule has 15 heavy (non-hydrogen) atoms. The number of nitrogens with one attached hydrogen (secondary N) is 1. The highest BCUT2D eigenvalue weighted by Gasteiger charge is 2.21. The third-order valence-corrected chi connectivity index (χ3v) is 2.99. The van der Waals surface area contributed by atoms with E-state index in [0.717, 1.165) is 39.0 Å². The van der Waals surface area contributed by atoms with Crippen LogP contribution < -0.4 is 5.32 Å². The molecular weight excluding hydrogens is 192 g/mol. The van der Waals surface area contributed by atoms with Gasteiger partial charge in [-0.05, 0) is 25.3 Å². The summed E-state index contributed by atoms with van der Waals surface area (Å²) in [5.41, 5.74) is 0. The average molecular weight is 214 g/mol. The normalized spacial score (nSPS) is 18.1. The zero-order valence-corrected chi connectivity index (χ0v) is 9.54. The maximum atomic E-state index is 11.7. The van der Waals surface area contributed by atoms with Crippen molar-refractivity contribution < 1.29 is 9.90 Å². The van der Waals surface area contributed by atoms with Crippen LogP contribution in [0.4, 0.5) is 0 Å². The molecular formula is C11H22N2O2. The first-order valence-electron chi connectivity index (χ1n) is 5.87. The zero-order chi connectivity index (χ0) is 11.1. The first kappa shape index (κ1) is 12.5. The maximum Gasteiger partial charge on any atom is 0.223 e. The number of aliphatic hydroxyl groups is 1. The van der Waals surface area contributed by atoms with E-state index in [-0.39, 0.29) is 12.5 Å². The first-order chi connectivity index (χ1) is 7.27. The van der Waals surface area contributed by atoms with Gasteiger partial charge in [-0.15, -0.1) is 0 Å². The summed E-state index contributed by atoms with van der Waals surface area (Å²) in [5.74, 6) is 0.648.